The first-order valence-electron chi connectivity index (χ1n) is 5.52. The van der Waals surface area contributed by atoms with E-state index in [4.69, 9.17) is 22.4 Å². The van der Waals surface area contributed by atoms with Crippen LogP contribution in [0.3, 0.4) is 0 Å². The van der Waals surface area contributed by atoms with Crippen LogP contribution >= 0.6 is 11.6 Å². The van der Waals surface area contributed by atoms with Crippen LogP contribution in [0.25, 0.3) is 0 Å². The molecular formula is C12H15ClN2O3. The van der Waals surface area contributed by atoms with Gasteiger partial charge in [0.1, 0.15) is 6.54 Å². The average molecular weight is 271 g/mol. The number of nitrogens with two attached hydrogens (primary N) is 1. The molecule has 98 valence electrons. The highest BCUT2D eigenvalue weighted by molar-refractivity contribution is 6.34. The van der Waals surface area contributed by atoms with Crippen molar-refractivity contribution in [3.05, 3.63) is 28.8 Å². The van der Waals surface area contributed by atoms with Crippen molar-refractivity contribution in [2.45, 2.75) is 13.3 Å². The molecule has 6 heteroatoms. The van der Waals surface area contributed by atoms with Gasteiger partial charge in [0.25, 0.3) is 5.91 Å². The molecule has 18 heavy (non-hydrogen) atoms. The minimum atomic E-state index is -0.973. The topological polar surface area (TPSA) is 83.6 Å². The minimum absolute atomic E-state index is 0.161. The maximum atomic E-state index is 11.4. The van der Waals surface area contributed by atoms with Crippen LogP contribution in [-0.4, -0.2) is 30.1 Å². The van der Waals surface area contributed by atoms with E-state index >= 15 is 0 Å². The molecule has 1 amide bonds. The summed E-state index contributed by atoms with van der Waals surface area (Å²) in [5.74, 6) is -1.64. The number of hydrogen-bond acceptors (Lipinski definition) is 3. The molecule has 1 aromatic carbocycles. The summed E-state index contributed by atoms with van der Waals surface area (Å²) in [4.78, 5) is 23.8. The van der Waals surface area contributed by atoms with Crippen LogP contribution in [0.2, 0.25) is 5.02 Å². The van der Waals surface area contributed by atoms with Crippen molar-refractivity contribution in [1.29, 1.82) is 0 Å². The highest BCUT2D eigenvalue weighted by Crippen LogP contribution is 2.27. The molecule has 0 atom stereocenters. The molecule has 0 saturated heterocycles. The number of anilines is 1. The first-order valence-corrected chi connectivity index (χ1v) is 5.90. The van der Waals surface area contributed by atoms with Gasteiger partial charge in [0.05, 0.1) is 16.3 Å². The number of amides is 1. The smallest absolute Gasteiger partial charge is 0.323 e. The fourth-order valence-corrected chi connectivity index (χ4v) is 2.00. The predicted molar refractivity (Wildman–Crippen MR) is 70.1 cm³/mol. The third-order valence-corrected chi connectivity index (χ3v) is 2.71. The maximum absolute atomic E-state index is 11.4. The standard InChI is InChI=1S/C12H15ClN2O3/c1-2-6-15(7-10(16)17)9-5-3-4-8(13)11(9)12(14)18/h3-5H,2,6-7H2,1H3,(H2,14,18)(H,16,17). The first kappa shape index (κ1) is 14.3. The quantitative estimate of drug-likeness (QED) is 0.825. The van der Waals surface area contributed by atoms with E-state index in [1.165, 1.54) is 0 Å². The number of carbonyl (C=O) groups excluding carboxylic acids is 1. The monoisotopic (exact) mass is 270 g/mol. The number of hydrogen-bond donors (Lipinski definition) is 2. The van der Waals surface area contributed by atoms with Gasteiger partial charge in [-0.25, -0.2) is 0 Å². The number of primary amides is 1. The fraction of sp³-hybridized carbons (Fsp3) is 0.333. The Kier molecular flexibility index (Phi) is 4.97. The van der Waals surface area contributed by atoms with Crippen molar-refractivity contribution in [3.8, 4) is 0 Å². The average Bonchev–Trinajstić information content (AvgIpc) is 2.27. The van der Waals surface area contributed by atoms with Gasteiger partial charge in [0, 0.05) is 6.54 Å². The Morgan fingerprint density at radius 1 is 1.44 bits per heavy atom. The van der Waals surface area contributed by atoms with E-state index in [1.807, 2.05) is 6.92 Å². The highest BCUT2D eigenvalue weighted by atomic mass is 35.5. The number of benzene rings is 1. The molecule has 0 heterocycles. The lowest BCUT2D eigenvalue weighted by Crippen LogP contribution is -2.32. The largest absolute Gasteiger partial charge is 0.480 e. The number of carboxylic acid groups (broad SMARTS) is 1. The summed E-state index contributed by atoms with van der Waals surface area (Å²) in [7, 11) is 0. The molecule has 3 N–H and O–H groups in total. The molecule has 0 bridgehead atoms. The molecule has 5 nitrogen and oxygen atoms in total. The van der Waals surface area contributed by atoms with Crippen LogP contribution < -0.4 is 10.6 Å². The maximum Gasteiger partial charge on any atom is 0.323 e. The predicted octanol–water partition coefficient (Wildman–Crippen LogP) is 1.74. The molecule has 1 aromatic rings. The number of rotatable bonds is 6. The van der Waals surface area contributed by atoms with Crippen LogP contribution in [0, 0.1) is 0 Å². The van der Waals surface area contributed by atoms with Crippen molar-refractivity contribution < 1.29 is 14.7 Å². The van der Waals surface area contributed by atoms with Crippen molar-refractivity contribution in [2.24, 2.45) is 5.73 Å². The molecule has 0 aliphatic carbocycles. The number of carbonyl (C=O) groups is 2. The summed E-state index contributed by atoms with van der Waals surface area (Å²) in [6.45, 7) is 2.23. The summed E-state index contributed by atoms with van der Waals surface area (Å²) >= 11 is 5.93. The Bertz CT molecular complexity index is 463. The Hall–Kier alpha value is -1.75. The van der Waals surface area contributed by atoms with Crippen molar-refractivity contribution in [2.75, 3.05) is 18.0 Å². The highest BCUT2D eigenvalue weighted by Gasteiger charge is 2.18. The molecule has 0 aliphatic heterocycles. The van der Waals surface area contributed by atoms with E-state index in [-0.39, 0.29) is 17.1 Å². The van der Waals surface area contributed by atoms with Gasteiger partial charge in [-0.3, -0.25) is 9.59 Å². The Balaban J connectivity index is 3.22. The summed E-state index contributed by atoms with van der Waals surface area (Å²) < 4.78 is 0. The normalized spacial score (nSPS) is 10.1. The molecule has 0 aromatic heterocycles. The fourth-order valence-electron chi connectivity index (χ4n) is 1.74. The van der Waals surface area contributed by atoms with Crippen molar-refractivity contribution >= 4 is 29.2 Å². The zero-order valence-corrected chi connectivity index (χ0v) is 10.8. The zero-order valence-electron chi connectivity index (χ0n) is 10.0. The molecule has 0 spiro atoms. The summed E-state index contributed by atoms with van der Waals surface area (Å²) in [6, 6.07) is 4.86. The third kappa shape index (κ3) is 3.37. The van der Waals surface area contributed by atoms with E-state index in [0.29, 0.717) is 12.2 Å². The zero-order chi connectivity index (χ0) is 13.7. The Morgan fingerprint density at radius 3 is 2.61 bits per heavy atom. The second-order valence-electron chi connectivity index (χ2n) is 3.81. The lowest BCUT2D eigenvalue weighted by atomic mass is 10.1. The molecule has 0 unspecified atom stereocenters. The van der Waals surface area contributed by atoms with Crippen LogP contribution in [0.15, 0.2) is 18.2 Å². The van der Waals surface area contributed by atoms with Crippen LogP contribution in [-0.2, 0) is 4.79 Å². The van der Waals surface area contributed by atoms with Gasteiger partial charge < -0.3 is 15.7 Å². The molecule has 1 rings (SSSR count). The Labute approximate surface area is 110 Å². The van der Waals surface area contributed by atoms with E-state index in [0.717, 1.165) is 6.42 Å². The van der Waals surface area contributed by atoms with Gasteiger partial charge in [0.2, 0.25) is 0 Å². The summed E-state index contributed by atoms with van der Waals surface area (Å²) in [5, 5.41) is 9.11. The second-order valence-corrected chi connectivity index (χ2v) is 4.22. The third-order valence-electron chi connectivity index (χ3n) is 2.40. The lowest BCUT2D eigenvalue weighted by Gasteiger charge is -2.24. The van der Waals surface area contributed by atoms with E-state index < -0.39 is 11.9 Å². The van der Waals surface area contributed by atoms with Gasteiger partial charge in [-0.05, 0) is 18.6 Å². The SMILES string of the molecule is CCCN(CC(=O)O)c1cccc(Cl)c1C(N)=O. The number of aliphatic carboxylic acids is 1. The molecular weight excluding hydrogens is 256 g/mol. The summed E-state index contributed by atoms with van der Waals surface area (Å²) in [6.07, 6.45) is 0.748. The molecule has 0 saturated carbocycles. The first-order chi connectivity index (χ1) is 8.47. The van der Waals surface area contributed by atoms with Gasteiger partial charge in [-0.15, -0.1) is 0 Å². The lowest BCUT2D eigenvalue weighted by molar-refractivity contribution is -0.135. The molecule has 0 fully saturated rings. The van der Waals surface area contributed by atoms with E-state index in [9.17, 15) is 9.59 Å². The van der Waals surface area contributed by atoms with Gasteiger partial charge in [-0.1, -0.05) is 24.6 Å². The van der Waals surface area contributed by atoms with Gasteiger partial charge in [0.15, 0.2) is 0 Å². The van der Waals surface area contributed by atoms with Crippen LogP contribution in [0.1, 0.15) is 23.7 Å². The van der Waals surface area contributed by atoms with Crippen molar-refractivity contribution in [1.82, 2.24) is 0 Å². The molecule has 0 radical (unpaired) electrons. The Morgan fingerprint density at radius 2 is 2.11 bits per heavy atom. The van der Waals surface area contributed by atoms with Crippen LogP contribution in [0.5, 0.6) is 0 Å². The van der Waals surface area contributed by atoms with Crippen molar-refractivity contribution in [3.63, 3.8) is 0 Å². The molecule has 0 aliphatic rings. The van der Waals surface area contributed by atoms with Gasteiger partial charge >= 0.3 is 5.97 Å². The number of halogens is 1. The minimum Gasteiger partial charge on any atom is -0.480 e. The van der Waals surface area contributed by atoms with E-state index in [2.05, 4.69) is 0 Å². The second kappa shape index (κ2) is 6.26. The summed E-state index contributed by atoms with van der Waals surface area (Å²) in [5.41, 5.74) is 5.90. The van der Waals surface area contributed by atoms with Crippen LogP contribution in [0.4, 0.5) is 5.69 Å². The van der Waals surface area contributed by atoms with Gasteiger partial charge in [-0.2, -0.15) is 0 Å². The number of nitrogens with zero attached hydrogens (tertiary/aromatic N) is 1. The van der Waals surface area contributed by atoms with E-state index in [1.54, 1.807) is 23.1 Å². The number of carboxylic acids is 1.